The van der Waals surface area contributed by atoms with Gasteiger partial charge in [-0.05, 0) is 38.8 Å². The van der Waals surface area contributed by atoms with Gasteiger partial charge in [-0.15, -0.1) is 0 Å². The molecule has 8 nitrogen and oxygen atoms in total. The second-order valence-electron chi connectivity index (χ2n) is 7.68. The predicted octanol–water partition coefficient (Wildman–Crippen LogP) is 2.38. The van der Waals surface area contributed by atoms with Crippen molar-refractivity contribution in [1.82, 2.24) is 15.2 Å². The summed E-state index contributed by atoms with van der Waals surface area (Å²) < 4.78 is 11.3. The maximum Gasteiger partial charge on any atom is 0.405 e. The monoisotopic (exact) mass is 389 g/mol. The second kappa shape index (κ2) is 8.10. The molecule has 1 atom stereocenters. The predicted molar refractivity (Wildman–Crippen MR) is 105 cm³/mol. The summed E-state index contributed by atoms with van der Waals surface area (Å²) in [6.45, 7) is 7.68. The van der Waals surface area contributed by atoms with Crippen LogP contribution < -0.4 is 10.1 Å². The van der Waals surface area contributed by atoms with Crippen molar-refractivity contribution >= 4 is 22.9 Å². The van der Waals surface area contributed by atoms with E-state index < -0.39 is 17.7 Å². The minimum absolute atomic E-state index is 0.0566. The summed E-state index contributed by atoms with van der Waals surface area (Å²) in [7, 11) is 0. The molecular formula is C20H27N3O5. The van der Waals surface area contributed by atoms with Crippen LogP contribution in [0.2, 0.25) is 0 Å². The third kappa shape index (κ3) is 4.56. The Kier molecular flexibility index (Phi) is 5.79. The molecule has 0 bridgehead atoms. The molecule has 152 valence electrons. The van der Waals surface area contributed by atoms with Gasteiger partial charge in [0.2, 0.25) is 0 Å². The van der Waals surface area contributed by atoms with Gasteiger partial charge in [-0.2, -0.15) is 0 Å². The molecule has 1 aliphatic heterocycles. The Bertz CT molecular complexity index is 855. The maximum absolute atomic E-state index is 12.6. The lowest BCUT2D eigenvalue weighted by atomic mass is 9.95. The number of para-hydroxylation sites is 1. The van der Waals surface area contributed by atoms with E-state index in [9.17, 15) is 9.59 Å². The minimum Gasteiger partial charge on any atom is -0.479 e. The van der Waals surface area contributed by atoms with Gasteiger partial charge < -0.3 is 29.8 Å². The molecule has 1 fully saturated rings. The third-order valence-electron chi connectivity index (χ3n) is 4.81. The van der Waals surface area contributed by atoms with Crippen molar-refractivity contribution in [1.29, 1.82) is 0 Å². The van der Waals surface area contributed by atoms with E-state index in [1.54, 1.807) is 11.8 Å². The fourth-order valence-corrected chi connectivity index (χ4v) is 3.52. The number of rotatable bonds is 6. The Morgan fingerprint density at radius 3 is 2.75 bits per heavy atom. The quantitative estimate of drug-likeness (QED) is 0.704. The molecule has 0 spiro atoms. The highest BCUT2D eigenvalue weighted by Crippen LogP contribution is 2.30. The number of nitrogens with one attached hydrogen (secondary N) is 2. The van der Waals surface area contributed by atoms with Crippen molar-refractivity contribution in [3.8, 4) is 5.75 Å². The zero-order valence-electron chi connectivity index (χ0n) is 16.4. The smallest absolute Gasteiger partial charge is 0.405 e. The number of carbonyl (C=O) groups excluding carboxylic acids is 1. The highest BCUT2D eigenvalue weighted by atomic mass is 16.5. The summed E-state index contributed by atoms with van der Waals surface area (Å²) in [4.78, 5) is 28.6. The van der Waals surface area contributed by atoms with Gasteiger partial charge in [0.15, 0.2) is 6.10 Å². The number of aromatic amines is 1. The van der Waals surface area contributed by atoms with E-state index in [0.717, 1.165) is 16.5 Å². The van der Waals surface area contributed by atoms with Crippen molar-refractivity contribution in [2.45, 2.75) is 38.8 Å². The first-order valence-electron chi connectivity index (χ1n) is 9.40. The van der Waals surface area contributed by atoms with Crippen molar-refractivity contribution in [3.63, 3.8) is 0 Å². The molecule has 1 aromatic heterocycles. The van der Waals surface area contributed by atoms with E-state index >= 15 is 0 Å². The van der Waals surface area contributed by atoms with Gasteiger partial charge in [-0.25, -0.2) is 4.79 Å². The molecule has 0 aliphatic carbocycles. The molecule has 0 saturated carbocycles. The highest BCUT2D eigenvalue weighted by Gasteiger charge is 2.26. The zero-order chi connectivity index (χ0) is 20.3. The van der Waals surface area contributed by atoms with E-state index in [4.69, 9.17) is 14.6 Å². The summed E-state index contributed by atoms with van der Waals surface area (Å²) in [6, 6.07) is 5.66. The number of fused-ring (bicyclic) bond motifs is 1. The van der Waals surface area contributed by atoms with Gasteiger partial charge in [-0.3, -0.25) is 4.79 Å². The Morgan fingerprint density at radius 1 is 1.36 bits per heavy atom. The number of carbonyl (C=O) groups is 2. The standard InChI is InChI=1S/C20H27N3O5/c1-13(18(24)23-7-9-27-10-8-23)28-16-6-4-5-15-14(12-21-17(15)16)11-20(2,3)22-19(25)26/h4-6,12-13,21-22H,7-11H2,1-3H3,(H,25,26)/t13-/m0/s1. The molecule has 28 heavy (non-hydrogen) atoms. The van der Waals surface area contributed by atoms with Crippen LogP contribution in [0.4, 0.5) is 4.79 Å². The van der Waals surface area contributed by atoms with Gasteiger partial charge in [-0.1, -0.05) is 12.1 Å². The number of H-pyrrole nitrogens is 1. The number of benzene rings is 1. The zero-order valence-corrected chi connectivity index (χ0v) is 16.4. The molecule has 0 unspecified atom stereocenters. The fourth-order valence-electron chi connectivity index (χ4n) is 3.52. The molecular weight excluding hydrogens is 362 g/mol. The van der Waals surface area contributed by atoms with E-state index in [2.05, 4.69) is 10.3 Å². The SMILES string of the molecule is C[C@H](Oc1cccc2c(CC(C)(C)NC(=O)O)c[nH]c12)C(=O)N1CCOCC1. The largest absolute Gasteiger partial charge is 0.479 e. The summed E-state index contributed by atoms with van der Waals surface area (Å²) in [5.74, 6) is 0.542. The molecule has 8 heteroatoms. The normalized spacial score (nSPS) is 16.0. The highest BCUT2D eigenvalue weighted by molar-refractivity contribution is 5.89. The van der Waals surface area contributed by atoms with Crippen LogP contribution in [0.15, 0.2) is 24.4 Å². The van der Waals surface area contributed by atoms with E-state index in [0.29, 0.717) is 38.5 Å². The maximum atomic E-state index is 12.6. The molecule has 1 aliphatic rings. The van der Waals surface area contributed by atoms with Crippen LogP contribution in [0, 0.1) is 0 Å². The lowest BCUT2D eigenvalue weighted by molar-refractivity contribution is -0.142. The fraction of sp³-hybridized carbons (Fsp3) is 0.500. The average Bonchev–Trinajstić information content (AvgIpc) is 3.04. The van der Waals surface area contributed by atoms with Crippen molar-refractivity contribution in [2.24, 2.45) is 0 Å². The van der Waals surface area contributed by atoms with Crippen LogP contribution in [0.3, 0.4) is 0 Å². The topological polar surface area (TPSA) is 104 Å². The third-order valence-corrected chi connectivity index (χ3v) is 4.81. The summed E-state index contributed by atoms with van der Waals surface area (Å²) in [5, 5.41) is 12.5. The van der Waals surface area contributed by atoms with Gasteiger partial charge in [0.05, 0.1) is 18.7 Å². The Hall–Kier alpha value is -2.74. The van der Waals surface area contributed by atoms with E-state index in [1.165, 1.54) is 0 Å². The lowest BCUT2D eigenvalue weighted by Crippen LogP contribution is -2.46. The number of morpholine rings is 1. The number of carboxylic acid groups (broad SMARTS) is 1. The first kappa shape index (κ1) is 20.0. The Labute approximate surface area is 163 Å². The molecule has 2 heterocycles. The van der Waals surface area contributed by atoms with Crippen LogP contribution in [0.5, 0.6) is 5.75 Å². The first-order valence-corrected chi connectivity index (χ1v) is 9.40. The van der Waals surface area contributed by atoms with Gasteiger partial charge in [0.1, 0.15) is 5.75 Å². The first-order chi connectivity index (χ1) is 13.3. The van der Waals surface area contributed by atoms with E-state index in [1.807, 2.05) is 38.2 Å². The average molecular weight is 389 g/mol. The summed E-state index contributed by atoms with van der Waals surface area (Å²) in [6.07, 6.45) is 0.715. The van der Waals surface area contributed by atoms with Crippen LogP contribution in [0.25, 0.3) is 10.9 Å². The molecule has 3 N–H and O–H groups in total. The van der Waals surface area contributed by atoms with Gasteiger partial charge in [0, 0.05) is 30.2 Å². The van der Waals surface area contributed by atoms with Crippen LogP contribution in [-0.4, -0.2) is 64.9 Å². The summed E-state index contributed by atoms with van der Waals surface area (Å²) >= 11 is 0. The van der Waals surface area contributed by atoms with Crippen molar-refractivity contribution < 1.29 is 24.2 Å². The van der Waals surface area contributed by atoms with Crippen molar-refractivity contribution in [3.05, 3.63) is 30.0 Å². The molecule has 1 aromatic carbocycles. The minimum atomic E-state index is -1.05. The van der Waals surface area contributed by atoms with Crippen LogP contribution >= 0.6 is 0 Å². The van der Waals surface area contributed by atoms with Gasteiger partial charge in [0.25, 0.3) is 5.91 Å². The number of hydrogen-bond donors (Lipinski definition) is 3. The van der Waals surface area contributed by atoms with E-state index in [-0.39, 0.29) is 5.91 Å². The summed E-state index contributed by atoms with van der Waals surface area (Å²) in [5.41, 5.74) is 1.16. The van der Waals surface area contributed by atoms with Crippen LogP contribution in [-0.2, 0) is 16.0 Å². The molecule has 0 radical (unpaired) electrons. The lowest BCUT2D eigenvalue weighted by Gasteiger charge is -2.29. The number of nitrogens with zero attached hydrogens (tertiary/aromatic N) is 1. The molecule has 2 amide bonds. The second-order valence-corrected chi connectivity index (χ2v) is 7.68. The number of hydrogen-bond acceptors (Lipinski definition) is 4. The number of aromatic nitrogens is 1. The number of amides is 2. The molecule has 1 saturated heterocycles. The Morgan fingerprint density at radius 2 is 2.07 bits per heavy atom. The molecule has 2 aromatic rings. The van der Waals surface area contributed by atoms with Gasteiger partial charge >= 0.3 is 6.09 Å². The Balaban J connectivity index is 1.77. The molecule has 3 rings (SSSR count). The number of ether oxygens (including phenoxy) is 2. The van der Waals surface area contributed by atoms with Crippen molar-refractivity contribution in [2.75, 3.05) is 26.3 Å². The van der Waals surface area contributed by atoms with Crippen LogP contribution in [0.1, 0.15) is 26.3 Å².